The lowest BCUT2D eigenvalue weighted by molar-refractivity contribution is -0.199. The quantitative estimate of drug-likeness (QED) is 0.717. The van der Waals surface area contributed by atoms with Gasteiger partial charge in [0, 0.05) is 5.75 Å². The third-order valence-corrected chi connectivity index (χ3v) is 2.63. The summed E-state index contributed by atoms with van der Waals surface area (Å²) < 4.78 is 31.1. The molecular formula is C10H16F2O4S. The highest BCUT2D eigenvalue weighted by Gasteiger charge is 2.51. The number of carboxylic acid groups (broad SMARTS) is 1. The van der Waals surface area contributed by atoms with Crippen molar-refractivity contribution < 1.29 is 28.2 Å². The molecule has 1 N–H and O–H groups in total. The molecule has 0 saturated heterocycles. The molecule has 0 heterocycles. The fourth-order valence-corrected chi connectivity index (χ4v) is 1.51. The number of thioether (sulfide) groups is 1. The van der Waals surface area contributed by atoms with Crippen LogP contribution in [0.15, 0.2) is 0 Å². The van der Waals surface area contributed by atoms with Crippen LogP contribution in [0, 0.1) is 5.92 Å². The van der Waals surface area contributed by atoms with Crippen molar-refractivity contribution in [3.63, 3.8) is 0 Å². The maximum Gasteiger partial charge on any atom is 0.378 e. The Labute approximate surface area is 103 Å². The van der Waals surface area contributed by atoms with Crippen LogP contribution in [0.5, 0.6) is 0 Å². The van der Waals surface area contributed by atoms with Crippen LogP contribution in [0.1, 0.15) is 20.3 Å². The highest BCUT2D eigenvalue weighted by Crippen LogP contribution is 2.27. The van der Waals surface area contributed by atoms with Gasteiger partial charge >= 0.3 is 17.9 Å². The second kappa shape index (κ2) is 6.78. The van der Waals surface area contributed by atoms with E-state index in [9.17, 15) is 18.4 Å². The maximum atomic E-state index is 13.3. The lowest BCUT2D eigenvalue weighted by Crippen LogP contribution is -2.47. The number of ether oxygens (including phenoxy) is 1. The SMILES string of the molecule is CSCCC(=O)OC(C(C)C)C(F)(F)C(=O)O. The van der Waals surface area contributed by atoms with Gasteiger partial charge in [-0.05, 0) is 12.2 Å². The van der Waals surface area contributed by atoms with Crippen LogP contribution in [-0.2, 0) is 14.3 Å². The Morgan fingerprint density at radius 2 is 1.94 bits per heavy atom. The number of carboxylic acids is 1. The average molecular weight is 270 g/mol. The Bertz CT molecular complexity index is 281. The van der Waals surface area contributed by atoms with Gasteiger partial charge < -0.3 is 9.84 Å². The van der Waals surface area contributed by atoms with Gasteiger partial charge in [-0.25, -0.2) is 4.79 Å². The van der Waals surface area contributed by atoms with Gasteiger partial charge in [-0.15, -0.1) is 0 Å². The smallest absolute Gasteiger partial charge is 0.378 e. The van der Waals surface area contributed by atoms with E-state index in [1.165, 1.54) is 25.6 Å². The fraction of sp³-hybridized carbons (Fsp3) is 0.800. The first kappa shape index (κ1) is 16.1. The molecule has 0 fully saturated rings. The van der Waals surface area contributed by atoms with E-state index >= 15 is 0 Å². The molecule has 17 heavy (non-hydrogen) atoms. The van der Waals surface area contributed by atoms with Crippen LogP contribution in [0.2, 0.25) is 0 Å². The molecule has 0 saturated carbocycles. The largest absolute Gasteiger partial charge is 0.477 e. The predicted octanol–water partition coefficient (Wildman–Crippen LogP) is 2.03. The van der Waals surface area contributed by atoms with Crippen molar-refractivity contribution in [1.82, 2.24) is 0 Å². The minimum absolute atomic E-state index is 0.0138. The number of carbonyl (C=O) groups excluding carboxylic acids is 1. The van der Waals surface area contributed by atoms with E-state index in [0.717, 1.165) is 0 Å². The van der Waals surface area contributed by atoms with Crippen LogP contribution < -0.4 is 0 Å². The molecule has 0 aromatic rings. The van der Waals surface area contributed by atoms with Gasteiger partial charge in [0.2, 0.25) is 0 Å². The Balaban J connectivity index is 4.66. The minimum atomic E-state index is -4.07. The van der Waals surface area contributed by atoms with Gasteiger partial charge in [0.1, 0.15) is 0 Å². The van der Waals surface area contributed by atoms with Gasteiger partial charge in [-0.3, -0.25) is 4.79 Å². The summed E-state index contributed by atoms with van der Waals surface area (Å²) in [5, 5.41) is 8.40. The number of hydrogen-bond donors (Lipinski definition) is 1. The number of aliphatic carboxylic acids is 1. The normalized spacial score (nSPS) is 13.5. The van der Waals surface area contributed by atoms with Crippen molar-refractivity contribution in [1.29, 1.82) is 0 Å². The van der Waals surface area contributed by atoms with E-state index in [-0.39, 0.29) is 6.42 Å². The number of rotatable bonds is 7. The molecule has 0 aromatic carbocycles. The molecule has 0 amide bonds. The summed E-state index contributed by atoms with van der Waals surface area (Å²) in [5.41, 5.74) is 0. The maximum absolute atomic E-state index is 13.3. The van der Waals surface area contributed by atoms with E-state index in [4.69, 9.17) is 5.11 Å². The highest BCUT2D eigenvalue weighted by atomic mass is 32.2. The molecule has 0 aliphatic heterocycles. The standard InChI is InChI=1S/C10H16F2O4S/c1-6(2)8(10(11,12)9(14)15)16-7(13)4-5-17-3/h6,8H,4-5H2,1-3H3,(H,14,15). The summed E-state index contributed by atoms with van der Waals surface area (Å²) in [6.07, 6.45) is -0.187. The first-order valence-corrected chi connectivity index (χ1v) is 6.42. The minimum Gasteiger partial charge on any atom is -0.477 e. The summed E-state index contributed by atoms with van der Waals surface area (Å²) in [6, 6.07) is 0. The van der Waals surface area contributed by atoms with E-state index in [0.29, 0.717) is 5.75 Å². The zero-order valence-corrected chi connectivity index (χ0v) is 10.7. The average Bonchev–Trinajstić information content (AvgIpc) is 2.21. The zero-order valence-electron chi connectivity index (χ0n) is 9.91. The third-order valence-electron chi connectivity index (χ3n) is 2.02. The molecule has 0 aliphatic carbocycles. The molecule has 0 radical (unpaired) electrons. The van der Waals surface area contributed by atoms with Crippen LogP contribution in [-0.4, -0.2) is 41.1 Å². The van der Waals surface area contributed by atoms with Crippen molar-refractivity contribution in [2.75, 3.05) is 12.0 Å². The monoisotopic (exact) mass is 270 g/mol. The number of halogens is 2. The van der Waals surface area contributed by atoms with Gasteiger partial charge in [-0.1, -0.05) is 13.8 Å². The van der Waals surface area contributed by atoms with E-state index in [2.05, 4.69) is 4.74 Å². The molecule has 4 nitrogen and oxygen atoms in total. The summed E-state index contributed by atoms with van der Waals surface area (Å²) in [6.45, 7) is 2.76. The Hall–Kier alpha value is -0.850. The first-order chi connectivity index (χ1) is 7.73. The molecule has 0 bridgehead atoms. The van der Waals surface area contributed by atoms with Gasteiger partial charge in [0.05, 0.1) is 6.42 Å². The third kappa shape index (κ3) is 4.89. The Kier molecular flexibility index (Phi) is 6.44. The van der Waals surface area contributed by atoms with Gasteiger partial charge in [-0.2, -0.15) is 20.5 Å². The second-order valence-electron chi connectivity index (χ2n) is 3.83. The van der Waals surface area contributed by atoms with Crippen molar-refractivity contribution >= 4 is 23.7 Å². The number of hydrogen-bond acceptors (Lipinski definition) is 4. The molecule has 0 spiro atoms. The van der Waals surface area contributed by atoms with Crippen LogP contribution >= 0.6 is 11.8 Å². The number of alkyl halides is 2. The molecule has 0 aliphatic rings. The lowest BCUT2D eigenvalue weighted by Gasteiger charge is -2.26. The highest BCUT2D eigenvalue weighted by molar-refractivity contribution is 7.98. The van der Waals surface area contributed by atoms with Gasteiger partial charge in [0.15, 0.2) is 6.10 Å². The van der Waals surface area contributed by atoms with Crippen molar-refractivity contribution in [3.8, 4) is 0 Å². The zero-order chi connectivity index (χ0) is 13.6. The molecular weight excluding hydrogens is 254 g/mol. The predicted molar refractivity (Wildman–Crippen MR) is 60.3 cm³/mol. The number of carbonyl (C=O) groups is 2. The van der Waals surface area contributed by atoms with Crippen LogP contribution in [0.3, 0.4) is 0 Å². The van der Waals surface area contributed by atoms with Crippen molar-refractivity contribution in [2.24, 2.45) is 5.92 Å². The van der Waals surface area contributed by atoms with Crippen molar-refractivity contribution in [3.05, 3.63) is 0 Å². The molecule has 100 valence electrons. The number of esters is 1. The fourth-order valence-electron chi connectivity index (χ4n) is 1.14. The summed E-state index contributed by atoms with van der Waals surface area (Å²) in [7, 11) is 0. The molecule has 1 unspecified atom stereocenters. The van der Waals surface area contributed by atoms with Gasteiger partial charge in [0.25, 0.3) is 0 Å². The van der Waals surface area contributed by atoms with Crippen LogP contribution in [0.4, 0.5) is 8.78 Å². The Morgan fingerprint density at radius 3 is 2.29 bits per heavy atom. The molecule has 0 aromatic heterocycles. The van der Waals surface area contributed by atoms with E-state index < -0.39 is 29.9 Å². The van der Waals surface area contributed by atoms with Crippen molar-refractivity contribution in [2.45, 2.75) is 32.3 Å². The molecule has 1 atom stereocenters. The summed E-state index contributed by atoms with van der Waals surface area (Å²) >= 11 is 1.37. The lowest BCUT2D eigenvalue weighted by atomic mass is 10.0. The first-order valence-electron chi connectivity index (χ1n) is 5.03. The summed E-state index contributed by atoms with van der Waals surface area (Å²) in [4.78, 5) is 21.6. The molecule has 0 rings (SSSR count). The van der Waals surface area contributed by atoms with Crippen LogP contribution in [0.25, 0.3) is 0 Å². The van der Waals surface area contributed by atoms with E-state index in [1.54, 1.807) is 6.26 Å². The topological polar surface area (TPSA) is 63.6 Å². The second-order valence-corrected chi connectivity index (χ2v) is 4.81. The molecule has 7 heteroatoms. The van der Waals surface area contributed by atoms with E-state index in [1.807, 2.05) is 0 Å². The Morgan fingerprint density at radius 1 is 1.41 bits per heavy atom. The summed E-state index contributed by atoms with van der Waals surface area (Å²) in [5.74, 6) is -7.49.